The molecule has 3 unspecified atom stereocenters. The van der Waals surface area contributed by atoms with Crippen LogP contribution in [0.1, 0.15) is 49.8 Å². The van der Waals surface area contributed by atoms with Crippen LogP contribution in [0.15, 0.2) is 24.3 Å². The topological polar surface area (TPSA) is 64.4 Å². The van der Waals surface area contributed by atoms with Crippen LogP contribution in [0.25, 0.3) is 0 Å². The van der Waals surface area contributed by atoms with Crippen LogP contribution in [0.5, 0.6) is 0 Å². The molecule has 1 aliphatic heterocycles. The Morgan fingerprint density at radius 2 is 2.09 bits per heavy atom. The third-order valence-electron chi connectivity index (χ3n) is 4.33. The van der Waals surface area contributed by atoms with Crippen LogP contribution in [0.2, 0.25) is 0 Å². The summed E-state index contributed by atoms with van der Waals surface area (Å²) < 4.78 is 5.97. The number of hydrogen-bond donors (Lipinski definition) is 2. The van der Waals surface area contributed by atoms with Gasteiger partial charge in [0.1, 0.15) is 0 Å². The van der Waals surface area contributed by atoms with E-state index in [0.29, 0.717) is 12.5 Å². The first kappa shape index (κ1) is 19.9. The van der Waals surface area contributed by atoms with Gasteiger partial charge in [-0.2, -0.15) is 0 Å². The molecule has 1 fully saturated rings. The largest absolute Gasteiger partial charge is 0.373 e. The number of carbonyl (C=O) groups is 1. The van der Waals surface area contributed by atoms with Crippen LogP contribution in [0.3, 0.4) is 0 Å². The first-order chi connectivity index (χ1) is 10.6. The summed E-state index contributed by atoms with van der Waals surface area (Å²) in [6.07, 6.45) is 3.84. The fourth-order valence-corrected chi connectivity index (χ4v) is 2.98. The van der Waals surface area contributed by atoms with Gasteiger partial charge in [-0.25, -0.2) is 0 Å². The first-order valence-electron chi connectivity index (χ1n) is 8.33. The van der Waals surface area contributed by atoms with Gasteiger partial charge in [0.25, 0.3) is 0 Å². The van der Waals surface area contributed by atoms with Crippen LogP contribution >= 0.6 is 12.4 Å². The van der Waals surface area contributed by atoms with Gasteiger partial charge in [0.2, 0.25) is 5.91 Å². The van der Waals surface area contributed by atoms with Gasteiger partial charge in [-0.15, -0.1) is 12.4 Å². The average molecular weight is 341 g/mol. The van der Waals surface area contributed by atoms with E-state index in [2.05, 4.69) is 36.5 Å². The Morgan fingerprint density at radius 3 is 2.74 bits per heavy atom. The Labute approximate surface area is 145 Å². The summed E-state index contributed by atoms with van der Waals surface area (Å²) in [6.45, 7) is 5.54. The zero-order valence-corrected chi connectivity index (χ0v) is 14.9. The van der Waals surface area contributed by atoms with E-state index in [9.17, 15) is 4.79 Å². The number of amides is 1. The fourth-order valence-electron chi connectivity index (χ4n) is 2.98. The Kier molecular flexibility index (Phi) is 8.59. The Hall–Kier alpha value is -1.10. The van der Waals surface area contributed by atoms with Gasteiger partial charge in [-0.1, -0.05) is 43.2 Å². The smallest absolute Gasteiger partial charge is 0.236 e. The highest BCUT2D eigenvalue weighted by Gasteiger charge is 2.28. The maximum atomic E-state index is 12.0. The van der Waals surface area contributed by atoms with E-state index in [1.165, 1.54) is 11.1 Å². The van der Waals surface area contributed by atoms with Gasteiger partial charge >= 0.3 is 0 Å². The summed E-state index contributed by atoms with van der Waals surface area (Å²) in [5.74, 6) is 0.268. The lowest BCUT2D eigenvalue weighted by Gasteiger charge is -2.32. The maximum Gasteiger partial charge on any atom is 0.236 e. The van der Waals surface area contributed by atoms with Crippen molar-refractivity contribution >= 4 is 18.3 Å². The molecule has 1 amide bonds. The quantitative estimate of drug-likeness (QED) is 0.836. The van der Waals surface area contributed by atoms with Crippen molar-refractivity contribution in [3.63, 3.8) is 0 Å². The number of hydrogen-bond acceptors (Lipinski definition) is 3. The first-order valence-corrected chi connectivity index (χ1v) is 8.33. The van der Waals surface area contributed by atoms with E-state index in [-0.39, 0.29) is 24.4 Å². The summed E-state index contributed by atoms with van der Waals surface area (Å²) in [5, 5.41) is 3.00. The molecular formula is C18H29ClN2O2. The predicted octanol–water partition coefficient (Wildman–Crippen LogP) is 3.13. The average Bonchev–Trinajstić information content (AvgIpc) is 2.54. The van der Waals surface area contributed by atoms with Crippen LogP contribution in [0, 0.1) is 12.8 Å². The van der Waals surface area contributed by atoms with Crippen LogP contribution in [-0.2, 0) is 9.53 Å². The summed E-state index contributed by atoms with van der Waals surface area (Å²) in [5.41, 5.74) is 8.30. The summed E-state index contributed by atoms with van der Waals surface area (Å²) >= 11 is 0. The number of nitrogens with one attached hydrogen (secondary N) is 1. The van der Waals surface area contributed by atoms with Crippen molar-refractivity contribution in [1.29, 1.82) is 0 Å². The second kappa shape index (κ2) is 9.91. The van der Waals surface area contributed by atoms with Crippen molar-refractivity contribution in [3.8, 4) is 0 Å². The van der Waals surface area contributed by atoms with Crippen LogP contribution in [-0.4, -0.2) is 25.1 Å². The summed E-state index contributed by atoms with van der Waals surface area (Å²) in [6, 6.07) is 8.08. The molecule has 1 saturated heterocycles. The van der Waals surface area contributed by atoms with E-state index in [1.54, 1.807) is 0 Å². The zero-order valence-electron chi connectivity index (χ0n) is 14.1. The number of halogens is 1. The highest BCUT2D eigenvalue weighted by atomic mass is 35.5. The minimum atomic E-state index is -0.396. The van der Waals surface area contributed by atoms with Crippen molar-refractivity contribution in [2.75, 3.05) is 13.2 Å². The van der Waals surface area contributed by atoms with Gasteiger partial charge in [-0.05, 0) is 31.7 Å². The standard InChI is InChI=1S/C18H28N2O2.ClH/c1-3-5-16(19)18(21)20-12-15-6-4-11-22-17(15)14-9-7-13(2)8-10-14;/h7-10,15-17H,3-6,11-12,19H2,1-2H3,(H,20,21);1H. The molecule has 2 rings (SSSR count). The Balaban J connectivity index is 0.00000264. The molecule has 1 heterocycles. The minimum Gasteiger partial charge on any atom is -0.373 e. The molecule has 0 spiro atoms. The molecule has 130 valence electrons. The number of nitrogens with two attached hydrogens (primary N) is 1. The summed E-state index contributed by atoms with van der Waals surface area (Å²) in [7, 11) is 0. The Morgan fingerprint density at radius 1 is 1.39 bits per heavy atom. The maximum absolute atomic E-state index is 12.0. The number of carbonyl (C=O) groups excluding carboxylic acids is 1. The second-order valence-corrected chi connectivity index (χ2v) is 6.24. The van der Waals surface area contributed by atoms with E-state index in [4.69, 9.17) is 10.5 Å². The molecule has 0 aromatic heterocycles. The fraction of sp³-hybridized carbons (Fsp3) is 0.611. The molecule has 1 aromatic rings. The van der Waals surface area contributed by atoms with Crippen molar-refractivity contribution in [2.45, 2.75) is 51.7 Å². The van der Waals surface area contributed by atoms with Crippen molar-refractivity contribution in [2.24, 2.45) is 11.7 Å². The van der Waals surface area contributed by atoms with Gasteiger partial charge in [0.05, 0.1) is 12.1 Å². The van der Waals surface area contributed by atoms with Gasteiger partial charge < -0.3 is 15.8 Å². The van der Waals surface area contributed by atoms with Crippen LogP contribution < -0.4 is 11.1 Å². The van der Waals surface area contributed by atoms with E-state index in [0.717, 1.165) is 32.3 Å². The van der Waals surface area contributed by atoms with Gasteiger partial charge in [0, 0.05) is 19.1 Å². The third kappa shape index (κ3) is 5.79. The molecule has 23 heavy (non-hydrogen) atoms. The molecule has 4 nitrogen and oxygen atoms in total. The molecule has 5 heteroatoms. The SMILES string of the molecule is CCCC(N)C(=O)NCC1CCCOC1c1ccc(C)cc1.Cl. The lowest BCUT2D eigenvalue weighted by molar-refractivity contribution is -0.123. The molecular weight excluding hydrogens is 312 g/mol. The summed E-state index contributed by atoms with van der Waals surface area (Å²) in [4.78, 5) is 12.0. The zero-order chi connectivity index (χ0) is 15.9. The molecule has 3 N–H and O–H groups in total. The highest BCUT2D eigenvalue weighted by Crippen LogP contribution is 2.33. The van der Waals surface area contributed by atoms with Crippen LogP contribution in [0.4, 0.5) is 0 Å². The predicted molar refractivity (Wildman–Crippen MR) is 95.7 cm³/mol. The molecule has 0 saturated carbocycles. The van der Waals surface area contributed by atoms with E-state index < -0.39 is 6.04 Å². The highest BCUT2D eigenvalue weighted by molar-refractivity contribution is 5.85. The monoisotopic (exact) mass is 340 g/mol. The number of benzene rings is 1. The van der Waals surface area contributed by atoms with Crippen molar-refractivity contribution < 1.29 is 9.53 Å². The third-order valence-corrected chi connectivity index (χ3v) is 4.33. The molecule has 0 radical (unpaired) electrons. The number of aryl methyl sites for hydroxylation is 1. The van der Waals surface area contributed by atoms with Crippen molar-refractivity contribution in [3.05, 3.63) is 35.4 Å². The van der Waals surface area contributed by atoms with Crippen molar-refractivity contribution in [1.82, 2.24) is 5.32 Å². The Bertz CT molecular complexity index is 478. The second-order valence-electron chi connectivity index (χ2n) is 6.24. The molecule has 1 aromatic carbocycles. The molecule has 1 aliphatic rings. The number of ether oxygens (including phenoxy) is 1. The normalized spacial score (nSPS) is 22.0. The minimum absolute atomic E-state index is 0. The molecule has 3 atom stereocenters. The van der Waals surface area contributed by atoms with E-state index in [1.807, 2.05) is 6.92 Å². The molecule has 0 aliphatic carbocycles. The molecule has 0 bridgehead atoms. The van der Waals surface area contributed by atoms with Gasteiger partial charge in [-0.3, -0.25) is 4.79 Å². The number of rotatable bonds is 6. The lowest BCUT2D eigenvalue weighted by Crippen LogP contribution is -2.43. The lowest BCUT2D eigenvalue weighted by atomic mass is 9.89. The van der Waals surface area contributed by atoms with E-state index >= 15 is 0 Å². The van der Waals surface area contributed by atoms with Gasteiger partial charge in [0.15, 0.2) is 0 Å².